The molecule has 2 amide bonds. The molecule has 0 unspecified atom stereocenters. The van der Waals surface area contributed by atoms with Crippen LogP contribution in [0.25, 0.3) is 0 Å². The maximum absolute atomic E-state index is 13.0. The van der Waals surface area contributed by atoms with Crippen molar-refractivity contribution in [2.75, 3.05) is 18.5 Å². The molecule has 1 saturated heterocycles. The van der Waals surface area contributed by atoms with E-state index in [2.05, 4.69) is 5.32 Å². The van der Waals surface area contributed by atoms with Gasteiger partial charge in [-0.1, -0.05) is 18.2 Å². The molecule has 0 bridgehead atoms. The predicted molar refractivity (Wildman–Crippen MR) is 111 cm³/mol. The van der Waals surface area contributed by atoms with Gasteiger partial charge in [-0.15, -0.1) is 0 Å². The highest BCUT2D eigenvalue weighted by atomic mass is 32.2. The second-order valence-electron chi connectivity index (χ2n) is 6.58. The number of amides is 2. The maximum atomic E-state index is 13.0. The smallest absolute Gasteiger partial charge is 0.267 e. The highest BCUT2D eigenvalue weighted by Crippen LogP contribution is 2.32. The Kier molecular flexibility index (Phi) is 6.61. The zero-order valence-corrected chi connectivity index (χ0v) is 17.6. The van der Waals surface area contributed by atoms with Gasteiger partial charge in [-0.25, -0.2) is 12.7 Å². The van der Waals surface area contributed by atoms with Crippen LogP contribution in [0.2, 0.25) is 0 Å². The highest BCUT2D eigenvalue weighted by molar-refractivity contribution is 7.89. The molecule has 3 rings (SSSR count). The average molecular weight is 432 g/mol. The van der Waals surface area contributed by atoms with E-state index in [1.165, 1.54) is 12.1 Å². The minimum Gasteiger partial charge on any atom is -0.494 e. The monoisotopic (exact) mass is 432 g/mol. The number of nitrogens with one attached hydrogen (secondary N) is 1. The second-order valence-corrected chi connectivity index (χ2v) is 8.39. The molecule has 1 fully saturated rings. The normalized spacial score (nSPS) is 16.4. The highest BCUT2D eigenvalue weighted by Gasteiger charge is 2.44. The first-order valence-electron chi connectivity index (χ1n) is 9.71. The molecule has 1 aliphatic rings. The van der Waals surface area contributed by atoms with Crippen molar-refractivity contribution in [3.8, 4) is 11.5 Å². The largest absolute Gasteiger partial charge is 0.494 e. The van der Waals surface area contributed by atoms with Crippen molar-refractivity contribution in [2.24, 2.45) is 0 Å². The van der Waals surface area contributed by atoms with Gasteiger partial charge in [-0.05, 0) is 44.5 Å². The summed E-state index contributed by atoms with van der Waals surface area (Å²) in [5, 5.41) is 2.71. The maximum Gasteiger partial charge on any atom is 0.267 e. The van der Waals surface area contributed by atoms with E-state index in [0.717, 1.165) is 0 Å². The average Bonchev–Trinajstić information content (AvgIpc) is 3.13. The lowest BCUT2D eigenvalue weighted by atomic mass is 10.2. The third-order valence-corrected chi connectivity index (χ3v) is 6.43. The Balaban J connectivity index is 1.89. The fraction of sp³-hybridized carbons (Fsp3) is 0.333. The third kappa shape index (κ3) is 4.40. The van der Waals surface area contributed by atoms with E-state index >= 15 is 0 Å². The zero-order valence-electron chi connectivity index (χ0n) is 16.8. The Morgan fingerprint density at radius 2 is 1.80 bits per heavy atom. The lowest BCUT2D eigenvalue weighted by molar-refractivity contribution is -0.128. The van der Waals surface area contributed by atoms with Gasteiger partial charge < -0.3 is 14.8 Å². The first-order valence-corrected chi connectivity index (χ1v) is 11.1. The molecule has 2 aromatic carbocycles. The Bertz CT molecular complexity index is 1020. The van der Waals surface area contributed by atoms with Gasteiger partial charge in [0, 0.05) is 12.5 Å². The molecule has 0 radical (unpaired) electrons. The lowest BCUT2D eigenvalue weighted by Gasteiger charge is -2.24. The van der Waals surface area contributed by atoms with E-state index in [9.17, 15) is 18.0 Å². The van der Waals surface area contributed by atoms with Gasteiger partial charge in [0.05, 0.1) is 23.8 Å². The summed E-state index contributed by atoms with van der Waals surface area (Å²) in [4.78, 5) is 25.4. The number of carbonyl (C=O) groups is 2. The molecule has 0 aliphatic carbocycles. The van der Waals surface area contributed by atoms with Crippen LogP contribution < -0.4 is 14.8 Å². The molecule has 0 spiro atoms. The quantitative estimate of drug-likeness (QED) is 0.688. The number of anilines is 1. The Hall–Kier alpha value is -3.07. The van der Waals surface area contributed by atoms with Crippen molar-refractivity contribution >= 4 is 27.5 Å². The van der Waals surface area contributed by atoms with E-state index in [4.69, 9.17) is 9.47 Å². The summed E-state index contributed by atoms with van der Waals surface area (Å²) in [6.45, 7) is 4.48. The summed E-state index contributed by atoms with van der Waals surface area (Å²) < 4.78 is 37.7. The molecule has 30 heavy (non-hydrogen) atoms. The number of rotatable bonds is 8. The fourth-order valence-electron chi connectivity index (χ4n) is 3.27. The number of benzene rings is 2. The van der Waals surface area contributed by atoms with Crippen LogP contribution in [-0.4, -0.2) is 43.8 Å². The van der Waals surface area contributed by atoms with Crippen LogP contribution in [-0.2, 0) is 19.6 Å². The van der Waals surface area contributed by atoms with Crippen LogP contribution in [0, 0.1) is 0 Å². The summed E-state index contributed by atoms with van der Waals surface area (Å²) in [5.41, 5.74) is 0.351. The van der Waals surface area contributed by atoms with Gasteiger partial charge in [-0.2, -0.15) is 0 Å². The molecule has 8 nitrogen and oxygen atoms in total. The fourth-order valence-corrected chi connectivity index (χ4v) is 4.89. The number of ether oxygens (including phenoxy) is 2. The molecule has 1 N–H and O–H groups in total. The summed E-state index contributed by atoms with van der Waals surface area (Å²) >= 11 is 0. The van der Waals surface area contributed by atoms with E-state index in [1.54, 1.807) is 36.4 Å². The third-order valence-electron chi connectivity index (χ3n) is 4.58. The topological polar surface area (TPSA) is 102 Å². The van der Waals surface area contributed by atoms with Crippen LogP contribution in [0.4, 0.5) is 5.69 Å². The number of hydrogen-bond acceptors (Lipinski definition) is 6. The lowest BCUT2D eigenvalue weighted by Crippen LogP contribution is -2.45. The van der Waals surface area contributed by atoms with Gasteiger partial charge in [0.25, 0.3) is 10.0 Å². The van der Waals surface area contributed by atoms with Crippen molar-refractivity contribution in [3.63, 3.8) is 0 Å². The molecule has 9 heteroatoms. The second kappa shape index (κ2) is 9.17. The van der Waals surface area contributed by atoms with Gasteiger partial charge in [-0.3, -0.25) is 9.59 Å². The SMILES string of the molecule is CCOc1ccc(OCC)c(NC(=O)[C@@H]2CCC(=O)N2S(=O)(=O)c2ccccc2)c1. The standard InChI is InChI=1S/C21H24N2O6S/c1-3-28-15-10-12-19(29-4-2)17(14-15)22-21(25)18-11-13-20(24)23(18)30(26,27)16-8-6-5-7-9-16/h5-10,12,14,18H,3-4,11,13H2,1-2H3,(H,22,25)/t18-/m0/s1. The van der Waals surface area contributed by atoms with Crippen molar-refractivity contribution in [1.29, 1.82) is 0 Å². The van der Waals surface area contributed by atoms with Crippen LogP contribution in [0.1, 0.15) is 26.7 Å². The Morgan fingerprint density at radius 1 is 1.10 bits per heavy atom. The Morgan fingerprint density at radius 3 is 2.47 bits per heavy atom. The van der Waals surface area contributed by atoms with E-state index in [1.807, 2.05) is 13.8 Å². The van der Waals surface area contributed by atoms with Crippen LogP contribution in [0.5, 0.6) is 11.5 Å². The van der Waals surface area contributed by atoms with Gasteiger partial charge >= 0.3 is 0 Å². The summed E-state index contributed by atoms with van der Waals surface area (Å²) in [6, 6.07) is 11.5. The molecule has 1 heterocycles. The zero-order chi connectivity index (χ0) is 21.7. The van der Waals surface area contributed by atoms with E-state index in [0.29, 0.717) is 34.7 Å². The number of carbonyl (C=O) groups excluding carboxylic acids is 2. The molecule has 1 atom stereocenters. The van der Waals surface area contributed by atoms with Crippen LogP contribution in [0.15, 0.2) is 53.4 Å². The predicted octanol–water partition coefficient (Wildman–Crippen LogP) is 2.80. The number of nitrogens with zero attached hydrogens (tertiary/aromatic N) is 1. The van der Waals surface area contributed by atoms with Crippen LogP contribution >= 0.6 is 0 Å². The van der Waals surface area contributed by atoms with E-state index < -0.39 is 27.9 Å². The van der Waals surface area contributed by atoms with Crippen molar-refractivity contribution < 1.29 is 27.5 Å². The summed E-state index contributed by atoms with van der Waals surface area (Å²) in [6.07, 6.45) is 0.0767. The van der Waals surface area contributed by atoms with E-state index in [-0.39, 0.29) is 17.7 Å². The van der Waals surface area contributed by atoms with Crippen molar-refractivity contribution in [2.45, 2.75) is 37.6 Å². The first kappa shape index (κ1) is 21.6. The molecular weight excluding hydrogens is 408 g/mol. The molecule has 160 valence electrons. The number of hydrogen-bond donors (Lipinski definition) is 1. The first-order chi connectivity index (χ1) is 14.4. The van der Waals surface area contributed by atoms with Crippen molar-refractivity contribution in [3.05, 3.63) is 48.5 Å². The summed E-state index contributed by atoms with van der Waals surface area (Å²) in [7, 11) is -4.14. The van der Waals surface area contributed by atoms with Crippen molar-refractivity contribution in [1.82, 2.24) is 4.31 Å². The summed E-state index contributed by atoms with van der Waals surface area (Å²) in [5.74, 6) is -0.245. The number of sulfonamides is 1. The minimum absolute atomic E-state index is 0.0263. The van der Waals surface area contributed by atoms with Gasteiger partial charge in [0.1, 0.15) is 17.5 Å². The van der Waals surface area contributed by atoms with Gasteiger partial charge in [0.2, 0.25) is 11.8 Å². The van der Waals surface area contributed by atoms with Gasteiger partial charge in [0.15, 0.2) is 0 Å². The molecule has 0 aromatic heterocycles. The minimum atomic E-state index is -4.14. The molecular formula is C21H24N2O6S. The Labute approximate surface area is 175 Å². The van der Waals surface area contributed by atoms with Crippen LogP contribution in [0.3, 0.4) is 0 Å². The molecule has 1 aliphatic heterocycles. The molecule has 0 saturated carbocycles. The molecule has 2 aromatic rings.